The number of carbonyl (C=O) groups is 1. The van der Waals surface area contributed by atoms with Crippen molar-refractivity contribution >= 4 is 28.8 Å². The van der Waals surface area contributed by atoms with Crippen molar-refractivity contribution in [2.75, 3.05) is 11.4 Å². The maximum absolute atomic E-state index is 13.0. The molecule has 2 aliphatic carbocycles. The van der Waals surface area contributed by atoms with Gasteiger partial charge in [0.05, 0.1) is 4.99 Å². The molecule has 1 aromatic carbocycles. The lowest BCUT2D eigenvalue weighted by Gasteiger charge is -2.29. The van der Waals surface area contributed by atoms with E-state index in [4.69, 9.17) is 18.0 Å². The topological polar surface area (TPSA) is 46.3 Å². The summed E-state index contributed by atoms with van der Waals surface area (Å²) in [5, 5.41) is 0. The van der Waals surface area contributed by atoms with E-state index >= 15 is 0 Å². The van der Waals surface area contributed by atoms with Gasteiger partial charge in [0.15, 0.2) is 0 Å². The summed E-state index contributed by atoms with van der Waals surface area (Å²) >= 11 is 4.98. The summed E-state index contributed by atoms with van der Waals surface area (Å²) in [5.41, 5.74) is 6.59. The molecular formula is C17H22N2OS. The number of carbonyl (C=O) groups excluding carboxylic acids is 1. The third kappa shape index (κ3) is 3.10. The van der Waals surface area contributed by atoms with Gasteiger partial charge in [-0.15, -0.1) is 0 Å². The first-order valence-corrected chi connectivity index (χ1v) is 8.20. The van der Waals surface area contributed by atoms with Crippen molar-refractivity contribution in [3.63, 3.8) is 0 Å². The Morgan fingerprint density at radius 3 is 2.57 bits per heavy atom. The Morgan fingerprint density at radius 1 is 1.24 bits per heavy atom. The normalized spacial score (nSPS) is 26.8. The van der Waals surface area contributed by atoms with Crippen molar-refractivity contribution in [3.8, 4) is 0 Å². The standard InChI is InChI=1S/C17H22N2OS/c18-16(21)8-9-19(14-4-2-1-3-5-14)17(20)15-11-12-6-7-13(15)10-12/h1-5,12-13,15H,6-11H2,(H2,18,21). The van der Waals surface area contributed by atoms with Crippen LogP contribution in [0.2, 0.25) is 0 Å². The molecule has 0 aliphatic heterocycles. The number of thiocarbonyl (C=S) groups is 1. The van der Waals surface area contributed by atoms with Crippen LogP contribution in [0.25, 0.3) is 0 Å². The quantitative estimate of drug-likeness (QED) is 0.850. The number of hydrogen-bond donors (Lipinski definition) is 1. The molecule has 0 spiro atoms. The molecule has 21 heavy (non-hydrogen) atoms. The monoisotopic (exact) mass is 302 g/mol. The molecule has 112 valence electrons. The van der Waals surface area contributed by atoms with Crippen molar-refractivity contribution in [1.29, 1.82) is 0 Å². The molecule has 3 rings (SSSR count). The second-order valence-electron chi connectivity index (χ2n) is 6.32. The first kappa shape index (κ1) is 14.5. The summed E-state index contributed by atoms with van der Waals surface area (Å²) < 4.78 is 0. The first-order valence-electron chi connectivity index (χ1n) is 7.80. The van der Waals surface area contributed by atoms with Crippen LogP contribution in [0.3, 0.4) is 0 Å². The van der Waals surface area contributed by atoms with Crippen LogP contribution in [0.5, 0.6) is 0 Å². The van der Waals surface area contributed by atoms with Crippen LogP contribution in [0.4, 0.5) is 5.69 Å². The number of amides is 1. The summed E-state index contributed by atoms with van der Waals surface area (Å²) in [7, 11) is 0. The number of rotatable bonds is 5. The molecule has 2 bridgehead atoms. The maximum Gasteiger partial charge on any atom is 0.230 e. The number of nitrogens with two attached hydrogens (primary N) is 1. The van der Waals surface area contributed by atoms with E-state index in [1.807, 2.05) is 35.2 Å². The van der Waals surface area contributed by atoms with E-state index in [0.717, 1.165) is 18.0 Å². The average molecular weight is 302 g/mol. The second kappa shape index (κ2) is 6.14. The van der Waals surface area contributed by atoms with E-state index in [1.165, 1.54) is 19.3 Å². The van der Waals surface area contributed by atoms with Gasteiger partial charge in [-0.1, -0.05) is 36.8 Å². The highest BCUT2D eigenvalue weighted by Crippen LogP contribution is 2.49. The summed E-state index contributed by atoms with van der Waals surface area (Å²) in [6.07, 6.45) is 5.43. The van der Waals surface area contributed by atoms with Crippen LogP contribution >= 0.6 is 12.2 Å². The zero-order valence-corrected chi connectivity index (χ0v) is 13.0. The Kier molecular flexibility index (Phi) is 4.24. The van der Waals surface area contributed by atoms with Gasteiger partial charge in [0.2, 0.25) is 5.91 Å². The molecular weight excluding hydrogens is 280 g/mol. The summed E-state index contributed by atoms with van der Waals surface area (Å²) in [5.74, 6) is 1.84. The number of hydrogen-bond acceptors (Lipinski definition) is 2. The number of nitrogens with zero attached hydrogens (tertiary/aromatic N) is 1. The predicted octanol–water partition coefficient (Wildman–Crippen LogP) is 3.13. The Morgan fingerprint density at radius 2 is 2.00 bits per heavy atom. The predicted molar refractivity (Wildman–Crippen MR) is 89.1 cm³/mol. The Balaban J connectivity index is 1.77. The van der Waals surface area contributed by atoms with Crippen LogP contribution in [0, 0.1) is 17.8 Å². The van der Waals surface area contributed by atoms with Crippen molar-refractivity contribution in [3.05, 3.63) is 30.3 Å². The smallest absolute Gasteiger partial charge is 0.230 e. The summed E-state index contributed by atoms with van der Waals surface area (Å²) in [4.78, 5) is 15.4. The van der Waals surface area contributed by atoms with E-state index in [1.54, 1.807) is 0 Å². The van der Waals surface area contributed by atoms with E-state index < -0.39 is 0 Å². The zero-order valence-electron chi connectivity index (χ0n) is 12.2. The Hall–Kier alpha value is -1.42. The minimum absolute atomic E-state index is 0.204. The third-order valence-electron chi connectivity index (χ3n) is 4.97. The zero-order chi connectivity index (χ0) is 14.8. The van der Waals surface area contributed by atoms with E-state index in [9.17, 15) is 4.79 Å². The molecule has 2 fully saturated rings. The first-order chi connectivity index (χ1) is 10.1. The minimum atomic E-state index is 0.204. The van der Waals surface area contributed by atoms with Crippen LogP contribution in [0.1, 0.15) is 32.1 Å². The van der Waals surface area contributed by atoms with E-state index in [2.05, 4.69) is 0 Å². The van der Waals surface area contributed by atoms with E-state index in [-0.39, 0.29) is 11.8 Å². The Labute approximate surface area is 131 Å². The van der Waals surface area contributed by atoms with Crippen molar-refractivity contribution in [2.24, 2.45) is 23.5 Å². The van der Waals surface area contributed by atoms with Crippen LogP contribution in [-0.4, -0.2) is 17.4 Å². The number of anilines is 1. The molecule has 3 unspecified atom stereocenters. The number of para-hydroxylation sites is 1. The number of fused-ring (bicyclic) bond motifs is 2. The molecule has 2 aliphatic rings. The largest absolute Gasteiger partial charge is 0.393 e. The average Bonchev–Trinajstić information content (AvgIpc) is 3.11. The highest BCUT2D eigenvalue weighted by atomic mass is 32.1. The van der Waals surface area contributed by atoms with Crippen LogP contribution in [-0.2, 0) is 4.79 Å². The van der Waals surface area contributed by atoms with Gasteiger partial charge >= 0.3 is 0 Å². The molecule has 0 saturated heterocycles. The molecule has 2 N–H and O–H groups in total. The Bertz CT molecular complexity index is 531. The second-order valence-corrected chi connectivity index (χ2v) is 6.85. The molecule has 1 aromatic rings. The highest BCUT2D eigenvalue weighted by Gasteiger charge is 2.44. The fourth-order valence-corrected chi connectivity index (χ4v) is 4.04. The SMILES string of the molecule is NC(=S)CCN(C(=O)C1CC2CCC1C2)c1ccccc1. The molecule has 0 heterocycles. The molecule has 0 radical (unpaired) electrons. The molecule has 1 amide bonds. The van der Waals surface area contributed by atoms with Gasteiger partial charge in [-0.05, 0) is 43.2 Å². The number of benzene rings is 1. The lowest BCUT2D eigenvalue weighted by atomic mass is 9.87. The van der Waals surface area contributed by atoms with Gasteiger partial charge in [-0.2, -0.15) is 0 Å². The maximum atomic E-state index is 13.0. The fraction of sp³-hybridized carbons (Fsp3) is 0.529. The summed E-state index contributed by atoms with van der Waals surface area (Å²) in [6.45, 7) is 0.589. The highest BCUT2D eigenvalue weighted by molar-refractivity contribution is 7.80. The van der Waals surface area contributed by atoms with E-state index in [0.29, 0.717) is 23.9 Å². The third-order valence-corrected chi connectivity index (χ3v) is 5.18. The van der Waals surface area contributed by atoms with Gasteiger partial charge in [-0.25, -0.2) is 0 Å². The molecule has 3 atom stereocenters. The van der Waals surface area contributed by atoms with Gasteiger partial charge in [-0.3, -0.25) is 4.79 Å². The van der Waals surface area contributed by atoms with Gasteiger partial charge in [0.25, 0.3) is 0 Å². The molecule has 0 aromatic heterocycles. The minimum Gasteiger partial charge on any atom is -0.393 e. The lowest BCUT2D eigenvalue weighted by Crippen LogP contribution is -2.40. The molecule has 2 saturated carbocycles. The summed E-state index contributed by atoms with van der Waals surface area (Å²) in [6, 6.07) is 9.89. The van der Waals surface area contributed by atoms with Crippen molar-refractivity contribution in [1.82, 2.24) is 0 Å². The molecule has 3 nitrogen and oxygen atoms in total. The lowest BCUT2D eigenvalue weighted by molar-refractivity contribution is -0.123. The van der Waals surface area contributed by atoms with Crippen molar-refractivity contribution < 1.29 is 4.79 Å². The van der Waals surface area contributed by atoms with Gasteiger partial charge in [0.1, 0.15) is 0 Å². The van der Waals surface area contributed by atoms with Gasteiger partial charge in [0, 0.05) is 24.6 Å². The van der Waals surface area contributed by atoms with Crippen molar-refractivity contribution in [2.45, 2.75) is 32.1 Å². The van der Waals surface area contributed by atoms with Gasteiger partial charge < -0.3 is 10.6 Å². The fourth-order valence-electron chi connectivity index (χ4n) is 3.94. The molecule has 4 heteroatoms. The van der Waals surface area contributed by atoms with Crippen LogP contribution < -0.4 is 10.6 Å². The van der Waals surface area contributed by atoms with Crippen LogP contribution in [0.15, 0.2) is 30.3 Å².